The molecule has 0 spiro atoms. The van der Waals surface area contributed by atoms with Gasteiger partial charge in [-0.25, -0.2) is 4.68 Å². The number of rotatable bonds is 4. The third-order valence-electron chi connectivity index (χ3n) is 2.36. The quantitative estimate of drug-likeness (QED) is 0.840. The molecule has 1 aromatic rings. The van der Waals surface area contributed by atoms with Crippen molar-refractivity contribution in [3.05, 3.63) is 10.7 Å². The minimum atomic E-state index is 0.590. The minimum absolute atomic E-state index is 0.590. The summed E-state index contributed by atoms with van der Waals surface area (Å²) in [6.45, 7) is 7.11. The van der Waals surface area contributed by atoms with Gasteiger partial charge in [0.2, 0.25) is 0 Å². The summed E-state index contributed by atoms with van der Waals surface area (Å²) in [5, 5.41) is 4.88. The van der Waals surface area contributed by atoms with Gasteiger partial charge in [-0.15, -0.1) is 0 Å². The van der Waals surface area contributed by atoms with Crippen molar-refractivity contribution in [3.8, 4) is 0 Å². The van der Waals surface area contributed by atoms with Crippen molar-refractivity contribution >= 4 is 17.4 Å². The second-order valence-corrected chi connectivity index (χ2v) is 4.24. The SMILES string of the molecule is CCCC(C)Cn1nc(C)c(Cl)c1N. The molecule has 3 nitrogen and oxygen atoms in total. The van der Waals surface area contributed by atoms with Gasteiger partial charge < -0.3 is 5.73 Å². The van der Waals surface area contributed by atoms with Crippen LogP contribution in [-0.2, 0) is 6.54 Å². The molecule has 1 atom stereocenters. The summed E-state index contributed by atoms with van der Waals surface area (Å²) < 4.78 is 1.80. The summed E-state index contributed by atoms with van der Waals surface area (Å²) in [6.07, 6.45) is 2.38. The Morgan fingerprint density at radius 2 is 2.21 bits per heavy atom. The monoisotopic (exact) mass is 215 g/mol. The first-order valence-corrected chi connectivity index (χ1v) is 5.42. The van der Waals surface area contributed by atoms with E-state index in [0.29, 0.717) is 16.8 Å². The van der Waals surface area contributed by atoms with Gasteiger partial charge in [-0.05, 0) is 19.3 Å². The number of aryl methyl sites for hydroxylation is 1. The fourth-order valence-electron chi connectivity index (χ4n) is 1.60. The average molecular weight is 216 g/mol. The zero-order chi connectivity index (χ0) is 10.7. The largest absolute Gasteiger partial charge is 0.383 e. The summed E-state index contributed by atoms with van der Waals surface area (Å²) in [7, 11) is 0. The summed E-state index contributed by atoms with van der Waals surface area (Å²) in [4.78, 5) is 0. The lowest BCUT2D eigenvalue weighted by Crippen LogP contribution is -2.11. The molecule has 1 aromatic heterocycles. The molecule has 0 saturated heterocycles. The maximum Gasteiger partial charge on any atom is 0.140 e. The highest BCUT2D eigenvalue weighted by atomic mass is 35.5. The van der Waals surface area contributed by atoms with Crippen LogP contribution >= 0.6 is 11.6 Å². The lowest BCUT2D eigenvalue weighted by atomic mass is 10.1. The van der Waals surface area contributed by atoms with Crippen LogP contribution in [0.25, 0.3) is 0 Å². The molecule has 2 N–H and O–H groups in total. The Morgan fingerprint density at radius 1 is 1.57 bits per heavy atom. The van der Waals surface area contributed by atoms with Crippen molar-refractivity contribution in [1.82, 2.24) is 9.78 Å². The molecular formula is C10H18ClN3. The summed E-state index contributed by atoms with van der Waals surface area (Å²) in [5.74, 6) is 1.18. The number of anilines is 1. The average Bonchev–Trinajstić information content (AvgIpc) is 2.34. The van der Waals surface area contributed by atoms with Gasteiger partial charge >= 0.3 is 0 Å². The van der Waals surface area contributed by atoms with Crippen molar-refractivity contribution in [2.24, 2.45) is 5.92 Å². The van der Waals surface area contributed by atoms with Crippen molar-refractivity contribution in [3.63, 3.8) is 0 Å². The van der Waals surface area contributed by atoms with E-state index in [4.69, 9.17) is 17.3 Å². The second-order valence-electron chi connectivity index (χ2n) is 3.86. The van der Waals surface area contributed by atoms with Gasteiger partial charge in [0.15, 0.2) is 0 Å². The molecule has 0 aliphatic carbocycles. The Balaban J connectivity index is 2.72. The van der Waals surface area contributed by atoms with Gasteiger partial charge in [0.1, 0.15) is 10.8 Å². The smallest absolute Gasteiger partial charge is 0.140 e. The third-order valence-corrected chi connectivity index (χ3v) is 2.82. The van der Waals surface area contributed by atoms with Crippen LogP contribution in [0.3, 0.4) is 0 Å². The van der Waals surface area contributed by atoms with E-state index in [2.05, 4.69) is 18.9 Å². The highest BCUT2D eigenvalue weighted by Gasteiger charge is 2.11. The van der Waals surface area contributed by atoms with E-state index in [9.17, 15) is 0 Å². The van der Waals surface area contributed by atoms with Crippen molar-refractivity contribution < 1.29 is 0 Å². The maximum absolute atomic E-state index is 5.95. The molecule has 1 unspecified atom stereocenters. The molecule has 14 heavy (non-hydrogen) atoms. The summed E-state index contributed by atoms with van der Waals surface area (Å²) in [5.41, 5.74) is 6.63. The first-order valence-electron chi connectivity index (χ1n) is 5.04. The Bertz CT molecular complexity index is 307. The number of hydrogen-bond donors (Lipinski definition) is 1. The normalized spacial score (nSPS) is 13.1. The van der Waals surface area contributed by atoms with Gasteiger partial charge in [-0.1, -0.05) is 31.9 Å². The van der Waals surface area contributed by atoms with E-state index < -0.39 is 0 Å². The lowest BCUT2D eigenvalue weighted by molar-refractivity contribution is 0.423. The van der Waals surface area contributed by atoms with Crippen molar-refractivity contribution in [1.29, 1.82) is 0 Å². The Labute approximate surface area is 90.2 Å². The summed E-state index contributed by atoms with van der Waals surface area (Å²) >= 11 is 5.95. The Hall–Kier alpha value is -0.700. The number of aromatic nitrogens is 2. The van der Waals surface area contributed by atoms with Crippen LogP contribution in [0.2, 0.25) is 5.02 Å². The maximum atomic E-state index is 5.95. The molecule has 0 aliphatic rings. The summed E-state index contributed by atoms with van der Waals surface area (Å²) in [6, 6.07) is 0. The number of nitrogen functional groups attached to an aromatic ring is 1. The van der Waals surface area contributed by atoms with Gasteiger partial charge in [-0.3, -0.25) is 0 Å². The fourth-order valence-corrected chi connectivity index (χ4v) is 1.73. The Kier molecular flexibility index (Phi) is 3.81. The van der Waals surface area contributed by atoms with Crippen LogP contribution in [0, 0.1) is 12.8 Å². The highest BCUT2D eigenvalue weighted by Crippen LogP contribution is 2.23. The van der Waals surface area contributed by atoms with Gasteiger partial charge in [0.05, 0.1) is 5.69 Å². The molecule has 0 amide bonds. The van der Waals surface area contributed by atoms with E-state index in [1.807, 2.05) is 6.92 Å². The third kappa shape index (κ3) is 2.41. The molecule has 0 aliphatic heterocycles. The molecule has 0 fully saturated rings. The van der Waals surface area contributed by atoms with Gasteiger partial charge in [0.25, 0.3) is 0 Å². The van der Waals surface area contributed by atoms with Crippen LogP contribution in [0.1, 0.15) is 32.4 Å². The van der Waals surface area contributed by atoms with Gasteiger partial charge in [-0.2, -0.15) is 5.10 Å². The van der Waals surface area contributed by atoms with Crippen molar-refractivity contribution in [2.45, 2.75) is 40.2 Å². The standard InChI is InChI=1S/C10H18ClN3/c1-4-5-7(2)6-14-10(12)9(11)8(3)13-14/h7H,4-6,12H2,1-3H3. The predicted octanol–water partition coefficient (Wildman–Crippen LogP) is 2.86. The van der Waals surface area contributed by atoms with E-state index in [0.717, 1.165) is 12.2 Å². The van der Waals surface area contributed by atoms with Crippen LogP contribution in [0.4, 0.5) is 5.82 Å². The topological polar surface area (TPSA) is 43.8 Å². The first-order chi connectivity index (χ1) is 6.56. The molecule has 80 valence electrons. The zero-order valence-electron chi connectivity index (χ0n) is 9.05. The van der Waals surface area contributed by atoms with Crippen LogP contribution < -0.4 is 5.73 Å². The first kappa shape index (κ1) is 11.4. The van der Waals surface area contributed by atoms with Crippen molar-refractivity contribution in [2.75, 3.05) is 5.73 Å². The molecule has 0 bridgehead atoms. The molecule has 1 heterocycles. The molecule has 0 aromatic carbocycles. The molecule has 4 heteroatoms. The number of nitrogens with zero attached hydrogens (tertiary/aromatic N) is 2. The molecule has 1 rings (SSSR count). The van der Waals surface area contributed by atoms with E-state index in [-0.39, 0.29) is 0 Å². The van der Waals surface area contributed by atoms with Crippen LogP contribution in [-0.4, -0.2) is 9.78 Å². The Morgan fingerprint density at radius 3 is 2.64 bits per heavy atom. The molecule has 0 saturated carbocycles. The predicted molar refractivity (Wildman–Crippen MR) is 60.5 cm³/mol. The molecular weight excluding hydrogens is 198 g/mol. The van der Waals surface area contributed by atoms with E-state index in [1.54, 1.807) is 4.68 Å². The van der Waals surface area contributed by atoms with Crippen LogP contribution in [0.5, 0.6) is 0 Å². The highest BCUT2D eigenvalue weighted by molar-refractivity contribution is 6.33. The fraction of sp³-hybridized carbons (Fsp3) is 0.700. The van der Waals surface area contributed by atoms with E-state index >= 15 is 0 Å². The number of hydrogen-bond acceptors (Lipinski definition) is 2. The number of nitrogens with two attached hydrogens (primary N) is 1. The number of halogens is 1. The minimum Gasteiger partial charge on any atom is -0.383 e. The molecule has 0 radical (unpaired) electrons. The van der Waals surface area contributed by atoms with Gasteiger partial charge in [0, 0.05) is 6.54 Å². The zero-order valence-corrected chi connectivity index (χ0v) is 9.80. The lowest BCUT2D eigenvalue weighted by Gasteiger charge is -2.10. The van der Waals surface area contributed by atoms with Crippen LogP contribution in [0.15, 0.2) is 0 Å². The second kappa shape index (κ2) is 4.69. The van der Waals surface area contributed by atoms with E-state index in [1.165, 1.54) is 12.8 Å².